The predicted octanol–water partition coefficient (Wildman–Crippen LogP) is 3.98. The number of carbonyl (C=O) groups is 1. The zero-order valence-electron chi connectivity index (χ0n) is 12.7. The maximum atomic E-state index is 12.4. The smallest absolute Gasteiger partial charge is 0.338 e. The summed E-state index contributed by atoms with van der Waals surface area (Å²) >= 11 is 4.93. The molecule has 2 aliphatic rings. The van der Waals surface area contributed by atoms with Crippen molar-refractivity contribution in [3.63, 3.8) is 0 Å². The maximum Gasteiger partial charge on any atom is 0.427 e. The van der Waals surface area contributed by atoms with Crippen LogP contribution in [0.25, 0.3) is 0 Å². The zero-order valence-corrected chi connectivity index (χ0v) is 15.1. The molecule has 3 rings (SSSR count). The van der Waals surface area contributed by atoms with Gasteiger partial charge in [0.2, 0.25) is 0 Å². The summed E-state index contributed by atoms with van der Waals surface area (Å²) < 4.78 is 2.90. The molecule has 3 nitrogen and oxygen atoms in total. The van der Waals surface area contributed by atoms with E-state index in [1.165, 1.54) is 10.6 Å². The highest BCUT2D eigenvalue weighted by Gasteiger charge is 2.36. The second-order valence-corrected chi connectivity index (χ2v) is 7.93. The Hall–Kier alpha value is -1.11. The van der Waals surface area contributed by atoms with Gasteiger partial charge in [0.1, 0.15) is 4.91 Å². The molecule has 2 heterocycles. The molecule has 0 fully saturated rings. The molecule has 6 heteroatoms. The number of carbonyl (C=O) groups excluding carboxylic acids is 1. The fourth-order valence-electron chi connectivity index (χ4n) is 2.35. The van der Waals surface area contributed by atoms with Gasteiger partial charge in [-0.25, -0.2) is 4.79 Å². The van der Waals surface area contributed by atoms with Crippen LogP contribution in [0, 0.1) is 0 Å². The van der Waals surface area contributed by atoms with Gasteiger partial charge in [-0.2, -0.15) is 0 Å². The molecule has 2 aliphatic heterocycles. The zero-order chi connectivity index (χ0) is 15.7. The molecule has 0 N–H and O–H groups in total. The minimum Gasteiger partial charge on any atom is -0.338 e. The van der Waals surface area contributed by atoms with Crippen LogP contribution in [-0.2, 0) is 4.79 Å². The first-order valence-corrected chi connectivity index (χ1v) is 9.84. The monoisotopic (exact) mass is 349 g/mol. The van der Waals surface area contributed by atoms with Crippen LogP contribution in [0.4, 0.5) is 5.69 Å². The molecule has 1 aromatic carbocycles. The molecule has 1 amide bonds. The molecule has 0 spiro atoms. The highest BCUT2D eigenvalue weighted by molar-refractivity contribution is 8.40. The summed E-state index contributed by atoms with van der Waals surface area (Å²) in [5, 5.41) is 1.14. The fraction of sp³-hybridized carbons (Fsp3) is 0.250. The third-order valence-corrected chi connectivity index (χ3v) is 6.94. The summed E-state index contributed by atoms with van der Waals surface area (Å²) in [6, 6.07) is 8.34. The summed E-state index contributed by atoms with van der Waals surface area (Å²) in [6.07, 6.45) is 6.00. The molecule has 22 heavy (non-hydrogen) atoms. The van der Waals surface area contributed by atoms with Gasteiger partial charge in [0.25, 0.3) is 4.38 Å². The molecule has 0 radical (unpaired) electrons. The number of likely N-dealkylation sites (N-methyl/N-ethyl adjacent to an activating group) is 1. The van der Waals surface area contributed by atoms with Crippen molar-refractivity contribution in [3.8, 4) is 0 Å². The lowest BCUT2D eigenvalue weighted by atomic mass is 10.3. The van der Waals surface area contributed by atoms with Crippen molar-refractivity contribution in [2.24, 2.45) is 0 Å². The van der Waals surface area contributed by atoms with Crippen molar-refractivity contribution in [1.29, 1.82) is 0 Å². The van der Waals surface area contributed by atoms with E-state index in [0.29, 0.717) is 0 Å². The number of thioether (sulfide) groups is 3. The number of para-hydroxylation sites is 1. The molecule has 0 bridgehead atoms. The Morgan fingerprint density at radius 2 is 2.05 bits per heavy atom. The maximum absolute atomic E-state index is 12.4. The minimum atomic E-state index is 0.108. The third-order valence-electron chi connectivity index (χ3n) is 3.51. The van der Waals surface area contributed by atoms with Crippen molar-refractivity contribution in [2.75, 3.05) is 24.7 Å². The molecule has 114 valence electrons. The van der Waals surface area contributed by atoms with Gasteiger partial charge in [-0.05, 0) is 49.2 Å². The van der Waals surface area contributed by atoms with E-state index in [-0.39, 0.29) is 5.91 Å². The van der Waals surface area contributed by atoms with E-state index in [1.807, 2.05) is 36.0 Å². The molecular formula is C16H17N2OS3+. The number of hydrogen-bond donors (Lipinski definition) is 0. The Kier molecular flexibility index (Phi) is 4.70. The van der Waals surface area contributed by atoms with Crippen LogP contribution in [0.3, 0.4) is 0 Å². The van der Waals surface area contributed by atoms with E-state index < -0.39 is 0 Å². The third kappa shape index (κ3) is 2.75. The summed E-state index contributed by atoms with van der Waals surface area (Å²) in [5.74, 6) is 0.108. The van der Waals surface area contributed by atoms with Crippen molar-refractivity contribution in [1.82, 2.24) is 0 Å². The molecule has 0 aromatic heterocycles. The van der Waals surface area contributed by atoms with Gasteiger partial charge in [-0.3, -0.25) is 0 Å². The largest absolute Gasteiger partial charge is 0.427 e. The molecular weight excluding hydrogens is 332 g/mol. The molecule has 0 aliphatic carbocycles. The fourth-order valence-corrected chi connectivity index (χ4v) is 5.28. The topological polar surface area (TPSA) is 23.3 Å². The van der Waals surface area contributed by atoms with Gasteiger partial charge in [0.15, 0.2) is 6.54 Å². The van der Waals surface area contributed by atoms with Crippen molar-refractivity contribution in [2.45, 2.75) is 11.8 Å². The number of nitrogens with zero attached hydrogens (tertiary/aromatic N) is 2. The summed E-state index contributed by atoms with van der Waals surface area (Å²) in [7, 11) is 2.06. The standard InChI is InChI=1S/C16H17N2OS3/c1-4-18-15(19)13(22-16(18)20-3)9-10-14-17(2)11-7-5-6-8-12(11)21-14/h5-10H,4H2,1-3H3/q+1/b13-9?,14-10+. The number of hydrogen-bond acceptors (Lipinski definition) is 5. The van der Waals surface area contributed by atoms with Gasteiger partial charge < -0.3 is 4.90 Å². The SMILES string of the molecule is CC[N+]1=C(SC)SC(=C/C=C2/Sc3ccccc3N2C)C1=O. The van der Waals surface area contributed by atoms with Gasteiger partial charge >= 0.3 is 5.91 Å². The Labute approximate surface area is 143 Å². The Balaban J connectivity index is 1.83. The van der Waals surface area contributed by atoms with Crippen LogP contribution in [0.1, 0.15) is 6.92 Å². The van der Waals surface area contributed by atoms with Gasteiger partial charge in [-0.1, -0.05) is 35.7 Å². The van der Waals surface area contributed by atoms with Gasteiger partial charge in [0.05, 0.1) is 10.7 Å². The number of amides is 1. The van der Waals surface area contributed by atoms with Crippen LogP contribution in [0.2, 0.25) is 0 Å². The molecule has 0 atom stereocenters. The van der Waals surface area contributed by atoms with E-state index in [0.717, 1.165) is 20.9 Å². The Morgan fingerprint density at radius 3 is 2.68 bits per heavy atom. The summed E-state index contributed by atoms with van der Waals surface area (Å²) in [4.78, 5) is 16.6. The normalized spacial score (nSPS) is 21.4. The average molecular weight is 350 g/mol. The first kappa shape index (κ1) is 15.8. The molecule has 0 unspecified atom stereocenters. The van der Waals surface area contributed by atoms with Gasteiger partial charge in [-0.15, -0.1) is 4.58 Å². The van der Waals surface area contributed by atoms with Crippen LogP contribution in [0.15, 0.2) is 51.2 Å². The number of benzene rings is 1. The van der Waals surface area contributed by atoms with Crippen molar-refractivity contribution in [3.05, 3.63) is 46.4 Å². The highest BCUT2D eigenvalue weighted by atomic mass is 32.2. The number of rotatable bonds is 2. The second-order valence-electron chi connectivity index (χ2n) is 4.79. The number of anilines is 1. The molecule has 1 aromatic rings. The number of allylic oxidation sites excluding steroid dienone is 2. The first-order chi connectivity index (χ1) is 10.7. The highest BCUT2D eigenvalue weighted by Crippen LogP contribution is 2.44. The minimum absolute atomic E-state index is 0.108. The van der Waals surface area contributed by atoms with E-state index >= 15 is 0 Å². The van der Waals surface area contributed by atoms with E-state index in [4.69, 9.17) is 0 Å². The van der Waals surface area contributed by atoms with Crippen molar-refractivity contribution < 1.29 is 9.37 Å². The Morgan fingerprint density at radius 1 is 1.27 bits per heavy atom. The lowest BCUT2D eigenvalue weighted by molar-refractivity contribution is -0.433. The van der Waals surface area contributed by atoms with Crippen LogP contribution in [-0.4, -0.2) is 34.7 Å². The van der Waals surface area contributed by atoms with E-state index in [9.17, 15) is 4.79 Å². The first-order valence-electron chi connectivity index (χ1n) is 6.99. The summed E-state index contributed by atoms with van der Waals surface area (Å²) in [5.41, 5.74) is 1.22. The van der Waals surface area contributed by atoms with Gasteiger partial charge in [0, 0.05) is 11.9 Å². The molecule has 0 saturated carbocycles. The predicted molar refractivity (Wildman–Crippen MR) is 98.8 cm³/mol. The lowest BCUT2D eigenvalue weighted by Crippen LogP contribution is -2.18. The average Bonchev–Trinajstić information content (AvgIpc) is 3.03. The Bertz CT molecular complexity index is 722. The second kappa shape index (κ2) is 6.56. The van der Waals surface area contributed by atoms with E-state index in [2.05, 4.69) is 30.1 Å². The van der Waals surface area contributed by atoms with Crippen molar-refractivity contribution >= 4 is 51.3 Å². The van der Waals surface area contributed by atoms with Crippen LogP contribution in [0.5, 0.6) is 0 Å². The van der Waals surface area contributed by atoms with Crippen LogP contribution < -0.4 is 4.90 Å². The van der Waals surface area contributed by atoms with Crippen LogP contribution >= 0.6 is 35.3 Å². The molecule has 0 saturated heterocycles. The van der Waals surface area contributed by atoms with E-state index in [1.54, 1.807) is 35.3 Å². The lowest BCUT2D eigenvalue weighted by Gasteiger charge is -2.12. The summed E-state index contributed by atoms with van der Waals surface area (Å²) in [6.45, 7) is 2.73. The quantitative estimate of drug-likeness (QED) is 0.594. The number of fused-ring (bicyclic) bond motifs is 1.